The van der Waals surface area contributed by atoms with Crippen molar-refractivity contribution in [2.24, 2.45) is 0 Å². The van der Waals surface area contributed by atoms with E-state index in [0.717, 1.165) is 52.9 Å². The second-order valence-electron chi connectivity index (χ2n) is 8.06. The number of imidazole rings is 1. The standard InChI is InChI=1S/C21H23N5O3S2/c1-31(28,29)19-9-8-16-20(25-19)26(12-22-16)11-13-6-7-15-18(10-13)30-21(24-15)23-14-4-2-3-5-17(14)27/h6-10,12,14,17,27H,2-5,11H2,1H3,(H,23,24)/t14-,17-/m1/s1. The van der Waals surface area contributed by atoms with Crippen LogP contribution in [0.2, 0.25) is 0 Å². The average molecular weight is 458 g/mol. The first-order valence-electron chi connectivity index (χ1n) is 10.2. The SMILES string of the molecule is CS(=O)(=O)c1ccc2ncn(Cc3ccc4nc(N[C@@H]5CCCC[C@H]5O)sc4c3)c2n1. The number of aliphatic hydroxyl groups is 1. The Labute approximate surface area is 183 Å². The molecule has 10 heteroatoms. The molecule has 3 aromatic heterocycles. The summed E-state index contributed by atoms with van der Waals surface area (Å²) in [4.78, 5) is 13.3. The highest BCUT2D eigenvalue weighted by molar-refractivity contribution is 7.90. The number of hydrogen-bond donors (Lipinski definition) is 2. The van der Waals surface area contributed by atoms with Crippen LogP contribution < -0.4 is 5.32 Å². The Balaban J connectivity index is 1.41. The van der Waals surface area contributed by atoms with Gasteiger partial charge >= 0.3 is 0 Å². The molecule has 3 heterocycles. The second-order valence-corrected chi connectivity index (χ2v) is 11.1. The number of sulfone groups is 1. The monoisotopic (exact) mass is 457 g/mol. The van der Waals surface area contributed by atoms with Crippen LogP contribution in [0.1, 0.15) is 31.2 Å². The summed E-state index contributed by atoms with van der Waals surface area (Å²) in [7, 11) is -3.39. The number of aromatic nitrogens is 4. The minimum atomic E-state index is -3.39. The molecule has 0 saturated heterocycles. The maximum atomic E-state index is 11.9. The van der Waals surface area contributed by atoms with Gasteiger partial charge in [-0.15, -0.1) is 0 Å². The molecule has 1 fully saturated rings. The topological polar surface area (TPSA) is 110 Å². The number of benzene rings is 1. The van der Waals surface area contributed by atoms with Crippen LogP contribution in [0.5, 0.6) is 0 Å². The van der Waals surface area contributed by atoms with Crippen molar-refractivity contribution in [1.82, 2.24) is 19.5 Å². The molecular weight excluding hydrogens is 434 g/mol. The van der Waals surface area contributed by atoms with E-state index in [2.05, 4.69) is 26.3 Å². The molecule has 4 aromatic rings. The third-order valence-corrected chi connectivity index (χ3v) is 7.60. The lowest BCUT2D eigenvalue weighted by atomic mass is 9.93. The van der Waals surface area contributed by atoms with E-state index in [0.29, 0.717) is 17.7 Å². The molecule has 2 atom stereocenters. The number of nitrogens with one attached hydrogen (secondary N) is 1. The van der Waals surface area contributed by atoms with Crippen molar-refractivity contribution in [2.75, 3.05) is 11.6 Å². The average Bonchev–Trinajstić information content (AvgIpc) is 3.32. The molecule has 0 bridgehead atoms. The molecule has 0 spiro atoms. The van der Waals surface area contributed by atoms with E-state index in [4.69, 9.17) is 0 Å². The predicted octanol–water partition coefficient (Wildman–Crippen LogP) is 3.21. The van der Waals surface area contributed by atoms with Crippen molar-refractivity contribution in [1.29, 1.82) is 0 Å². The molecule has 162 valence electrons. The zero-order valence-corrected chi connectivity index (χ0v) is 18.7. The van der Waals surface area contributed by atoms with Crippen LogP contribution in [-0.4, -0.2) is 51.4 Å². The van der Waals surface area contributed by atoms with E-state index < -0.39 is 9.84 Å². The highest BCUT2D eigenvalue weighted by Gasteiger charge is 2.23. The summed E-state index contributed by atoms with van der Waals surface area (Å²) < 4.78 is 26.6. The van der Waals surface area contributed by atoms with Crippen LogP contribution in [0, 0.1) is 0 Å². The number of pyridine rings is 1. The fraction of sp³-hybridized carbons (Fsp3) is 0.381. The molecule has 0 aliphatic heterocycles. The maximum absolute atomic E-state index is 11.9. The van der Waals surface area contributed by atoms with E-state index in [1.54, 1.807) is 23.7 Å². The number of fused-ring (bicyclic) bond motifs is 2. The van der Waals surface area contributed by atoms with Gasteiger partial charge in [0.25, 0.3) is 0 Å². The lowest BCUT2D eigenvalue weighted by molar-refractivity contribution is 0.116. The number of rotatable bonds is 5. The number of anilines is 1. The Kier molecular flexibility index (Phi) is 5.15. The van der Waals surface area contributed by atoms with E-state index in [1.807, 2.05) is 16.7 Å². The van der Waals surface area contributed by atoms with E-state index in [1.165, 1.54) is 6.07 Å². The maximum Gasteiger partial charge on any atom is 0.192 e. The number of aliphatic hydroxyl groups excluding tert-OH is 1. The predicted molar refractivity (Wildman–Crippen MR) is 121 cm³/mol. The van der Waals surface area contributed by atoms with Gasteiger partial charge in [-0.1, -0.05) is 30.2 Å². The van der Waals surface area contributed by atoms with Gasteiger partial charge in [0.1, 0.15) is 5.52 Å². The Morgan fingerprint density at radius 2 is 1.97 bits per heavy atom. The van der Waals surface area contributed by atoms with Gasteiger partial charge in [-0.3, -0.25) is 0 Å². The van der Waals surface area contributed by atoms with E-state index in [9.17, 15) is 13.5 Å². The Bertz CT molecular complexity index is 1360. The first-order valence-corrected chi connectivity index (χ1v) is 12.9. The van der Waals surface area contributed by atoms with Crippen molar-refractivity contribution in [2.45, 2.75) is 49.4 Å². The molecule has 2 N–H and O–H groups in total. The molecule has 1 aromatic carbocycles. The lowest BCUT2D eigenvalue weighted by Crippen LogP contribution is -2.36. The number of nitrogens with zero attached hydrogens (tertiary/aromatic N) is 4. The molecular formula is C21H23N5O3S2. The van der Waals surface area contributed by atoms with Crippen LogP contribution in [0.4, 0.5) is 5.13 Å². The summed E-state index contributed by atoms with van der Waals surface area (Å²) in [5.41, 5.74) is 3.16. The van der Waals surface area contributed by atoms with E-state index >= 15 is 0 Å². The largest absolute Gasteiger partial charge is 0.391 e. The molecule has 5 rings (SSSR count). The number of hydrogen-bond acceptors (Lipinski definition) is 8. The minimum Gasteiger partial charge on any atom is -0.391 e. The Hall–Kier alpha value is -2.56. The van der Waals surface area contributed by atoms with Crippen molar-refractivity contribution < 1.29 is 13.5 Å². The fourth-order valence-corrected chi connectivity index (χ4v) is 5.57. The van der Waals surface area contributed by atoms with Gasteiger partial charge in [-0.25, -0.2) is 23.4 Å². The molecule has 1 saturated carbocycles. The first-order chi connectivity index (χ1) is 14.9. The van der Waals surface area contributed by atoms with Gasteiger partial charge in [-0.05, 0) is 42.7 Å². The summed E-state index contributed by atoms with van der Waals surface area (Å²) in [6, 6.07) is 9.30. The molecule has 1 aliphatic carbocycles. The van der Waals surface area contributed by atoms with Gasteiger partial charge in [0, 0.05) is 6.26 Å². The third kappa shape index (κ3) is 4.15. The summed E-state index contributed by atoms with van der Waals surface area (Å²) in [6.45, 7) is 0.522. The van der Waals surface area contributed by atoms with Gasteiger partial charge in [0.2, 0.25) is 0 Å². The van der Waals surface area contributed by atoms with Crippen molar-refractivity contribution in [3.05, 3.63) is 42.2 Å². The highest BCUT2D eigenvalue weighted by atomic mass is 32.2. The smallest absolute Gasteiger partial charge is 0.192 e. The molecule has 31 heavy (non-hydrogen) atoms. The van der Waals surface area contributed by atoms with Gasteiger partial charge in [-0.2, -0.15) is 0 Å². The van der Waals surface area contributed by atoms with Gasteiger partial charge in [0.15, 0.2) is 25.6 Å². The van der Waals surface area contributed by atoms with E-state index in [-0.39, 0.29) is 17.2 Å². The Morgan fingerprint density at radius 3 is 2.77 bits per heavy atom. The van der Waals surface area contributed by atoms with Crippen LogP contribution >= 0.6 is 11.3 Å². The molecule has 8 nitrogen and oxygen atoms in total. The summed E-state index contributed by atoms with van der Waals surface area (Å²) in [5.74, 6) is 0. The van der Waals surface area contributed by atoms with Gasteiger partial charge in [0.05, 0.1) is 35.2 Å². The minimum absolute atomic E-state index is 0.0419. The molecule has 0 unspecified atom stereocenters. The van der Waals surface area contributed by atoms with Crippen LogP contribution in [0.3, 0.4) is 0 Å². The summed E-state index contributed by atoms with van der Waals surface area (Å²) in [5, 5.41) is 14.5. The normalized spacial score (nSPS) is 19.8. The first kappa shape index (κ1) is 20.3. The summed E-state index contributed by atoms with van der Waals surface area (Å²) in [6.07, 6.45) is 6.49. The van der Waals surface area contributed by atoms with Crippen molar-refractivity contribution in [3.63, 3.8) is 0 Å². The van der Waals surface area contributed by atoms with Crippen LogP contribution in [0.25, 0.3) is 21.4 Å². The summed E-state index contributed by atoms with van der Waals surface area (Å²) >= 11 is 1.58. The molecule has 0 amide bonds. The lowest BCUT2D eigenvalue weighted by Gasteiger charge is -2.27. The van der Waals surface area contributed by atoms with Gasteiger partial charge < -0.3 is 15.0 Å². The van der Waals surface area contributed by atoms with Crippen LogP contribution in [0.15, 0.2) is 41.7 Å². The van der Waals surface area contributed by atoms with Crippen molar-refractivity contribution in [3.8, 4) is 0 Å². The molecule has 0 radical (unpaired) electrons. The highest BCUT2D eigenvalue weighted by Crippen LogP contribution is 2.30. The Morgan fingerprint density at radius 1 is 1.16 bits per heavy atom. The quantitative estimate of drug-likeness (QED) is 0.473. The van der Waals surface area contributed by atoms with Crippen molar-refractivity contribution >= 4 is 47.7 Å². The second kappa shape index (κ2) is 7.85. The van der Waals surface area contributed by atoms with Crippen LogP contribution in [-0.2, 0) is 16.4 Å². The zero-order valence-electron chi connectivity index (χ0n) is 17.0. The third-order valence-electron chi connectivity index (χ3n) is 5.66. The molecule has 1 aliphatic rings. The fourth-order valence-electron chi connectivity index (χ4n) is 4.01. The number of thiazole rings is 1. The zero-order chi connectivity index (χ0) is 21.6.